The third kappa shape index (κ3) is 4.23. The number of ether oxygens (including phenoxy) is 1. The van der Waals surface area contributed by atoms with Gasteiger partial charge in [0.25, 0.3) is 0 Å². The third-order valence-corrected chi connectivity index (χ3v) is 4.62. The fourth-order valence-electron chi connectivity index (χ4n) is 3.29. The summed E-state index contributed by atoms with van der Waals surface area (Å²) in [5.41, 5.74) is 1.67. The Labute approximate surface area is 160 Å². The van der Waals surface area contributed by atoms with E-state index in [1.165, 1.54) is 16.3 Å². The van der Waals surface area contributed by atoms with E-state index in [0.717, 1.165) is 25.2 Å². The number of hydrogen-bond acceptors (Lipinski definition) is 4. The van der Waals surface area contributed by atoms with Crippen molar-refractivity contribution in [2.45, 2.75) is 25.5 Å². The normalized spacial score (nSPS) is 17.9. The largest absolute Gasteiger partial charge is 0.416 e. The predicted octanol–water partition coefficient (Wildman–Crippen LogP) is 3.88. The van der Waals surface area contributed by atoms with Crippen LogP contribution in [0.15, 0.2) is 60.8 Å². The average molecular weight is 388 g/mol. The highest BCUT2D eigenvalue weighted by molar-refractivity contribution is 5.26. The maximum Gasteiger partial charge on any atom is 0.416 e. The van der Waals surface area contributed by atoms with E-state index in [4.69, 9.17) is 4.74 Å². The van der Waals surface area contributed by atoms with E-state index in [9.17, 15) is 13.2 Å². The standard InChI is InChI=1S/C20H19F3N4O/c21-20(22,23)17-8-4-7-16(11-17)13-27-14-18(24-25-27)19-26(9-10-28-19)12-15-5-2-1-3-6-15/h1-8,11,14,19H,9-10,12-13H2/t19-/m1/s1. The van der Waals surface area contributed by atoms with Gasteiger partial charge in [0, 0.05) is 13.1 Å². The van der Waals surface area contributed by atoms with Gasteiger partial charge in [0.15, 0.2) is 6.23 Å². The highest BCUT2D eigenvalue weighted by Crippen LogP contribution is 2.30. The van der Waals surface area contributed by atoms with Crippen molar-refractivity contribution in [2.24, 2.45) is 0 Å². The number of alkyl halides is 3. The van der Waals surface area contributed by atoms with Gasteiger partial charge in [-0.25, -0.2) is 4.68 Å². The van der Waals surface area contributed by atoms with Crippen molar-refractivity contribution in [1.29, 1.82) is 0 Å². The lowest BCUT2D eigenvalue weighted by Crippen LogP contribution is -2.23. The topological polar surface area (TPSA) is 43.2 Å². The molecule has 146 valence electrons. The van der Waals surface area contributed by atoms with Gasteiger partial charge in [0.1, 0.15) is 5.69 Å². The molecule has 3 aromatic rings. The summed E-state index contributed by atoms with van der Waals surface area (Å²) in [6, 6.07) is 15.3. The number of halogens is 3. The Kier molecular flexibility index (Phi) is 5.15. The van der Waals surface area contributed by atoms with Crippen molar-refractivity contribution in [2.75, 3.05) is 13.2 Å². The second kappa shape index (κ2) is 7.73. The summed E-state index contributed by atoms with van der Waals surface area (Å²) in [4.78, 5) is 2.16. The Balaban J connectivity index is 1.47. The highest BCUT2D eigenvalue weighted by Gasteiger charge is 2.31. The molecule has 2 heterocycles. The minimum Gasteiger partial charge on any atom is -0.356 e. The van der Waals surface area contributed by atoms with Crippen LogP contribution in [-0.4, -0.2) is 33.0 Å². The van der Waals surface area contributed by atoms with E-state index in [1.807, 2.05) is 18.2 Å². The molecule has 0 spiro atoms. The summed E-state index contributed by atoms with van der Waals surface area (Å²) < 4.78 is 46.0. The lowest BCUT2D eigenvalue weighted by molar-refractivity contribution is -0.137. The van der Waals surface area contributed by atoms with Crippen LogP contribution in [-0.2, 0) is 24.0 Å². The maximum absolute atomic E-state index is 12.9. The molecule has 1 aromatic heterocycles. The van der Waals surface area contributed by atoms with Crippen LogP contribution in [0, 0.1) is 0 Å². The molecule has 2 aromatic carbocycles. The van der Waals surface area contributed by atoms with E-state index in [0.29, 0.717) is 17.9 Å². The fourth-order valence-corrected chi connectivity index (χ4v) is 3.29. The Morgan fingerprint density at radius 3 is 2.57 bits per heavy atom. The van der Waals surface area contributed by atoms with Crippen LogP contribution < -0.4 is 0 Å². The number of hydrogen-bond donors (Lipinski definition) is 0. The number of benzene rings is 2. The van der Waals surface area contributed by atoms with Gasteiger partial charge in [-0.05, 0) is 23.3 Å². The summed E-state index contributed by atoms with van der Waals surface area (Å²) >= 11 is 0. The zero-order chi connectivity index (χ0) is 19.6. The highest BCUT2D eigenvalue weighted by atomic mass is 19.4. The van der Waals surface area contributed by atoms with Gasteiger partial charge in [-0.1, -0.05) is 47.7 Å². The minimum absolute atomic E-state index is 0.211. The van der Waals surface area contributed by atoms with Crippen molar-refractivity contribution >= 4 is 0 Å². The van der Waals surface area contributed by atoms with Gasteiger partial charge in [0.2, 0.25) is 0 Å². The van der Waals surface area contributed by atoms with Crippen LogP contribution in [0.25, 0.3) is 0 Å². The Morgan fingerprint density at radius 1 is 1.00 bits per heavy atom. The fraction of sp³-hybridized carbons (Fsp3) is 0.300. The molecule has 1 fully saturated rings. The Bertz CT molecular complexity index is 926. The molecule has 0 unspecified atom stereocenters. The van der Waals surface area contributed by atoms with E-state index in [-0.39, 0.29) is 12.8 Å². The van der Waals surface area contributed by atoms with E-state index in [1.54, 1.807) is 12.3 Å². The molecule has 1 atom stereocenters. The molecule has 0 bridgehead atoms. The van der Waals surface area contributed by atoms with Gasteiger partial charge in [-0.2, -0.15) is 13.2 Å². The molecule has 1 aliphatic heterocycles. The molecule has 0 saturated carbocycles. The zero-order valence-corrected chi connectivity index (χ0v) is 15.0. The molecule has 28 heavy (non-hydrogen) atoms. The monoisotopic (exact) mass is 388 g/mol. The van der Waals surface area contributed by atoms with Crippen molar-refractivity contribution in [3.05, 3.63) is 83.2 Å². The summed E-state index contributed by atoms with van der Waals surface area (Å²) in [5.74, 6) is 0. The van der Waals surface area contributed by atoms with Gasteiger partial charge in [-0.15, -0.1) is 5.10 Å². The molecule has 5 nitrogen and oxygen atoms in total. The molecule has 4 rings (SSSR count). The number of aromatic nitrogens is 3. The molecular weight excluding hydrogens is 369 g/mol. The first-order valence-corrected chi connectivity index (χ1v) is 8.95. The summed E-state index contributed by atoms with van der Waals surface area (Å²) in [6.07, 6.45) is -2.94. The smallest absolute Gasteiger partial charge is 0.356 e. The van der Waals surface area contributed by atoms with Crippen molar-refractivity contribution in [1.82, 2.24) is 19.9 Å². The van der Waals surface area contributed by atoms with Gasteiger partial charge in [-0.3, -0.25) is 4.90 Å². The molecule has 8 heteroatoms. The predicted molar refractivity (Wildman–Crippen MR) is 96.1 cm³/mol. The third-order valence-electron chi connectivity index (χ3n) is 4.62. The average Bonchev–Trinajstić information content (AvgIpc) is 3.31. The van der Waals surface area contributed by atoms with E-state index >= 15 is 0 Å². The SMILES string of the molecule is FC(F)(F)c1cccc(Cn2cc([C@H]3OCCN3Cc3ccccc3)nn2)c1. The first-order valence-electron chi connectivity index (χ1n) is 8.95. The first kappa shape index (κ1) is 18.6. The van der Waals surface area contributed by atoms with Crippen LogP contribution in [0.5, 0.6) is 0 Å². The van der Waals surface area contributed by atoms with Crippen LogP contribution >= 0.6 is 0 Å². The lowest BCUT2D eigenvalue weighted by atomic mass is 10.1. The van der Waals surface area contributed by atoms with Crippen LogP contribution in [0.1, 0.15) is 28.6 Å². The zero-order valence-electron chi connectivity index (χ0n) is 15.0. The summed E-state index contributed by atoms with van der Waals surface area (Å²) in [7, 11) is 0. The second-order valence-corrected chi connectivity index (χ2v) is 6.72. The maximum atomic E-state index is 12.9. The number of rotatable bonds is 5. The van der Waals surface area contributed by atoms with E-state index in [2.05, 4.69) is 27.3 Å². The van der Waals surface area contributed by atoms with Gasteiger partial charge in [0.05, 0.1) is 24.9 Å². The summed E-state index contributed by atoms with van der Waals surface area (Å²) in [5, 5.41) is 8.25. The van der Waals surface area contributed by atoms with Crippen LogP contribution in [0.2, 0.25) is 0 Å². The molecule has 0 N–H and O–H groups in total. The molecule has 0 radical (unpaired) electrons. The number of nitrogens with zero attached hydrogens (tertiary/aromatic N) is 4. The molecule has 0 amide bonds. The minimum atomic E-state index is -4.36. The van der Waals surface area contributed by atoms with E-state index < -0.39 is 11.7 Å². The Hall–Kier alpha value is -2.71. The van der Waals surface area contributed by atoms with Crippen molar-refractivity contribution in [3.8, 4) is 0 Å². The quantitative estimate of drug-likeness (QED) is 0.666. The van der Waals surface area contributed by atoms with Crippen LogP contribution in [0.3, 0.4) is 0 Å². The molecule has 1 aliphatic rings. The first-order chi connectivity index (χ1) is 13.5. The molecular formula is C20H19F3N4O. The van der Waals surface area contributed by atoms with Crippen molar-refractivity contribution < 1.29 is 17.9 Å². The lowest BCUT2D eigenvalue weighted by Gasteiger charge is -2.20. The van der Waals surface area contributed by atoms with Gasteiger partial charge < -0.3 is 4.74 Å². The Morgan fingerprint density at radius 2 is 1.79 bits per heavy atom. The second-order valence-electron chi connectivity index (χ2n) is 6.72. The van der Waals surface area contributed by atoms with Gasteiger partial charge >= 0.3 is 6.18 Å². The molecule has 0 aliphatic carbocycles. The summed E-state index contributed by atoms with van der Waals surface area (Å²) in [6.45, 7) is 2.31. The molecule has 1 saturated heterocycles. The van der Waals surface area contributed by atoms with Crippen LogP contribution in [0.4, 0.5) is 13.2 Å². The van der Waals surface area contributed by atoms with Crippen molar-refractivity contribution in [3.63, 3.8) is 0 Å².